The predicted octanol–water partition coefficient (Wildman–Crippen LogP) is 5.21. The summed E-state index contributed by atoms with van der Waals surface area (Å²) < 4.78 is 25.3. The van der Waals surface area contributed by atoms with Gasteiger partial charge in [-0.05, 0) is 42.8 Å². The van der Waals surface area contributed by atoms with Crippen LogP contribution in [0.1, 0.15) is 50.0 Å². The number of fused-ring (bicyclic) bond motifs is 2. The molecule has 0 saturated heterocycles. The van der Waals surface area contributed by atoms with E-state index in [1.54, 1.807) is 37.3 Å². The van der Waals surface area contributed by atoms with Gasteiger partial charge < -0.3 is 9.15 Å². The minimum absolute atomic E-state index is 0.0362. The summed E-state index contributed by atoms with van der Waals surface area (Å²) in [6.07, 6.45) is 1.62. The summed E-state index contributed by atoms with van der Waals surface area (Å²) in [7, 11) is 0. The number of ether oxygens (including phenoxy) is 1. The zero-order valence-corrected chi connectivity index (χ0v) is 19.6. The number of rotatable bonds is 6. The van der Waals surface area contributed by atoms with E-state index in [9.17, 15) is 18.8 Å². The van der Waals surface area contributed by atoms with E-state index < -0.39 is 23.2 Å². The first-order valence-corrected chi connectivity index (χ1v) is 11.5. The third-order valence-corrected chi connectivity index (χ3v) is 6.96. The summed E-state index contributed by atoms with van der Waals surface area (Å²) in [5, 5.41) is 0.296. The van der Waals surface area contributed by atoms with Gasteiger partial charge in [0.1, 0.15) is 23.8 Å². The Hall–Kier alpha value is -4.11. The van der Waals surface area contributed by atoms with Gasteiger partial charge in [0.2, 0.25) is 5.76 Å². The lowest BCUT2D eigenvalue weighted by Crippen LogP contribution is -2.29. The van der Waals surface area contributed by atoms with E-state index in [0.29, 0.717) is 28.5 Å². The highest BCUT2D eigenvalue weighted by Gasteiger charge is 2.45. The van der Waals surface area contributed by atoms with Gasteiger partial charge in [0.25, 0.3) is 5.91 Å². The smallest absolute Gasteiger partial charge is 0.297 e. The maximum Gasteiger partial charge on any atom is 0.297 e. The quantitative estimate of drug-likeness (QED) is 0.272. The molecule has 0 fully saturated rings. The van der Waals surface area contributed by atoms with Gasteiger partial charge in [0.15, 0.2) is 16.3 Å². The van der Waals surface area contributed by atoms with Gasteiger partial charge in [-0.1, -0.05) is 36.1 Å². The molecule has 0 aliphatic carbocycles. The highest BCUT2D eigenvalue weighted by atomic mass is 32.1. The predicted molar refractivity (Wildman–Crippen MR) is 130 cm³/mol. The molecule has 0 radical (unpaired) electrons. The maximum absolute atomic E-state index is 14.0. The lowest BCUT2D eigenvalue weighted by molar-refractivity contribution is 0.0969. The molecule has 4 aromatic rings. The molecule has 7 nitrogen and oxygen atoms in total. The first-order chi connectivity index (χ1) is 16.8. The number of halogens is 1. The molecule has 5 rings (SSSR count). The zero-order valence-electron chi connectivity index (χ0n) is 18.8. The topological polar surface area (TPSA) is 89.7 Å². The van der Waals surface area contributed by atoms with Crippen molar-refractivity contribution in [2.75, 3.05) is 11.5 Å². The molecule has 1 unspecified atom stereocenters. The number of amides is 1. The Morgan fingerprint density at radius 1 is 1.26 bits per heavy atom. The van der Waals surface area contributed by atoms with Gasteiger partial charge in [0.05, 0.1) is 27.6 Å². The van der Waals surface area contributed by atoms with E-state index in [0.717, 1.165) is 23.5 Å². The van der Waals surface area contributed by atoms with Gasteiger partial charge >= 0.3 is 0 Å². The zero-order chi connectivity index (χ0) is 24.9. The molecule has 176 valence electrons. The van der Waals surface area contributed by atoms with Crippen LogP contribution in [0.15, 0.2) is 64.3 Å². The molecule has 1 amide bonds. The number of ketones is 1. The number of aromatic nitrogens is 1. The van der Waals surface area contributed by atoms with Crippen molar-refractivity contribution in [3.05, 3.63) is 98.6 Å². The largest absolute Gasteiger partial charge is 0.490 e. The van der Waals surface area contributed by atoms with Gasteiger partial charge in [-0.3, -0.25) is 19.3 Å². The standard InChI is InChI=1S/C26H19FN2O5S/c1-4-11-33-17-8-5-15(6-9-17)21-20-22(31)18-12-16(27)7-10-19(18)34-23(20)25(32)29(21)26-28-13(2)24(35-26)14(3)30/h4-10,12,21H,1,11H2,2-3H3. The van der Waals surface area contributed by atoms with Crippen LogP contribution < -0.4 is 15.1 Å². The van der Waals surface area contributed by atoms with E-state index in [1.165, 1.54) is 17.9 Å². The molecule has 9 heteroatoms. The second kappa shape index (κ2) is 8.59. The molecule has 0 N–H and O–H groups in total. The number of nitrogens with zero attached hydrogens (tertiary/aromatic N) is 2. The summed E-state index contributed by atoms with van der Waals surface area (Å²) in [4.78, 5) is 45.5. The van der Waals surface area contributed by atoms with Gasteiger partial charge in [0, 0.05) is 6.92 Å². The molecule has 0 spiro atoms. The molecule has 0 bridgehead atoms. The summed E-state index contributed by atoms with van der Waals surface area (Å²) in [5.74, 6) is -0.882. The third kappa shape index (κ3) is 3.74. The van der Waals surface area contributed by atoms with Crippen molar-refractivity contribution in [2.24, 2.45) is 0 Å². The molecule has 1 atom stereocenters. The van der Waals surface area contributed by atoms with Gasteiger partial charge in [-0.25, -0.2) is 9.37 Å². The monoisotopic (exact) mass is 490 g/mol. The molecular formula is C26H19FN2O5S. The van der Waals surface area contributed by atoms with Crippen molar-refractivity contribution in [2.45, 2.75) is 19.9 Å². The van der Waals surface area contributed by atoms with Crippen LogP contribution in [0.2, 0.25) is 0 Å². The summed E-state index contributed by atoms with van der Waals surface area (Å²) in [6.45, 7) is 7.06. The summed E-state index contributed by atoms with van der Waals surface area (Å²) >= 11 is 1.07. The van der Waals surface area contributed by atoms with E-state index in [1.807, 2.05) is 0 Å². The third-order valence-electron chi connectivity index (χ3n) is 5.71. The molecule has 1 aliphatic rings. The number of aryl methyl sites for hydroxylation is 1. The van der Waals surface area contributed by atoms with Crippen molar-refractivity contribution >= 4 is 39.1 Å². The number of Topliss-reactive ketones (excluding diaryl/α,β-unsaturated/α-hetero) is 1. The summed E-state index contributed by atoms with van der Waals surface area (Å²) in [5.41, 5.74) is 0.777. The van der Waals surface area contributed by atoms with Gasteiger partial charge in [-0.2, -0.15) is 0 Å². The first kappa shape index (κ1) is 22.7. The molecule has 35 heavy (non-hydrogen) atoms. The van der Waals surface area contributed by atoms with E-state index >= 15 is 0 Å². The Morgan fingerprint density at radius 3 is 2.66 bits per heavy atom. The van der Waals surface area contributed by atoms with Crippen LogP contribution in [0.5, 0.6) is 5.75 Å². The fourth-order valence-electron chi connectivity index (χ4n) is 4.17. The lowest BCUT2D eigenvalue weighted by atomic mass is 9.98. The molecule has 2 aromatic carbocycles. The Kier molecular flexibility index (Phi) is 5.56. The number of hydrogen-bond donors (Lipinski definition) is 0. The number of hydrogen-bond acceptors (Lipinski definition) is 7. The average molecular weight is 491 g/mol. The fraction of sp³-hybridized carbons (Fsp3) is 0.154. The lowest BCUT2D eigenvalue weighted by Gasteiger charge is -2.22. The van der Waals surface area contributed by atoms with Crippen molar-refractivity contribution in [3.63, 3.8) is 0 Å². The van der Waals surface area contributed by atoms with Crippen molar-refractivity contribution < 1.29 is 23.1 Å². The molecular weight excluding hydrogens is 471 g/mol. The van der Waals surface area contributed by atoms with Gasteiger partial charge in [-0.15, -0.1) is 0 Å². The van der Waals surface area contributed by atoms with Crippen LogP contribution in [0.4, 0.5) is 9.52 Å². The van der Waals surface area contributed by atoms with E-state index in [4.69, 9.17) is 9.15 Å². The number of benzene rings is 2. The first-order valence-electron chi connectivity index (χ1n) is 10.7. The van der Waals surface area contributed by atoms with Crippen LogP contribution in [0.3, 0.4) is 0 Å². The van der Waals surface area contributed by atoms with Crippen molar-refractivity contribution in [3.8, 4) is 5.75 Å². The van der Waals surface area contributed by atoms with Crippen LogP contribution >= 0.6 is 11.3 Å². The van der Waals surface area contributed by atoms with Crippen LogP contribution in [0, 0.1) is 12.7 Å². The minimum atomic E-state index is -0.889. The van der Waals surface area contributed by atoms with Crippen LogP contribution in [-0.2, 0) is 0 Å². The van der Waals surface area contributed by atoms with Crippen molar-refractivity contribution in [1.29, 1.82) is 0 Å². The average Bonchev–Trinajstić information content (AvgIpc) is 3.36. The Morgan fingerprint density at radius 2 is 2.00 bits per heavy atom. The molecule has 3 heterocycles. The van der Waals surface area contributed by atoms with E-state index in [-0.39, 0.29) is 33.2 Å². The molecule has 1 aliphatic heterocycles. The molecule has 0 saturated carbocycles. The summed E-state index contributed by atoms with van der Waals surface area (Å²) in [6, 6.07) is 9.60. The van der Waals surface area contributed by atoms with Crippen LogP contribution in [0.25, 0.3) is 11.0 Å². The SMILES string of the molecule is C=CCOc1ccc(C2c3c(oc4ccc(F)cc4c3=O)C(=O)N2c2nc(C)c(C(C)=O)s2)cc1. The highest BCUT2D eigenvalue weighted by Crippen LogP contribution is 2.43. The Bertz CT molecular complexity index is 1570. The number of anilines is 1. The Labute approximate surface area is 203 Å². The highest BCUT2D eigenvalue weighted by molar-refractivity contribution is 7.17. The second-order valence-electron chi connectivity index (χ2n) is 8.03. The molecule has 2 aromatic heterocycles. The number of carbonyl (C=O) groups is 2. The van der Waals surface area contributed by atoms with Crippen LogP contribution in [-0.4, -0.2) is 23.3 Å². The fourth-order valence-corrected chi connectivity index (χ4v) is 5.16. The second-order valence-corrected chi connectivity index (χ2v) is 9.01. The maximum atomic E-state index is 14.0. The Balaban J connectivity index is 1.73. The van der Waals surface area contributed by atoms with Crippen molar-refractivity contribution in [1.82, 2.24) is 4.98 Å². The van der Waals surface area contributed by atoms with E-state index in [2.05, 4.69) is 11.6 Å². The minimum Gasteiger partial charge on any atom is -0.490 e. The number of carbonyl (C=O) groups excluding carboxylic acids is 2. The number of thiazole rings is 1. The normalized spacial score (nSPS) is 14.9.